The van der Waals surface area contributed by atoms with Crippen LogP contribution in [-0.2, 0) is 19.1 Å². The lowest BCUT2D eigenvalue weighted by molar-refractivity contribution is -0.142. The summed E-state index contributed by atoms with van der Waals surface area (Å²) in [4.78, 5) is 36.8. The van der Waals surface area contributed by atoms with Gasteiger partial charge in [0.2, 0.25) is 0 Å². The van der Waals surface area contributed by atoms with Gasteiger partial charge in [-0.05, 0) is 46.5 Å². The molecule has 6 nitrogen and oxygen atoms in total. The first kappa shape index (κ1) is 18.1. The number of benzene rings is 1. The Hall–Kier alpha value is -2.71. The fourth-order valence-corrected chi connectivity index (χ4v) is 3.97. The number of amides is 2. The van der Waals surface area contributed by atoms with Gasteiger partial charge in [0, 0.05) is 15.3 Å². The Bertz CT molecular complexity index is 934. The monoisotopic (exact) mass is 388 g/mol. The molecular formula is C18H16N2O4S2. The molecule has 8 heteroatoms. The van der Waals surface area contributed by atoms with Crippen molar-refractivity contribution in [2.24, 2.45) is 0 Å². The fraction of sp³-hybridized carbons (Fsp3) is 0.167. The van der Waals surface area contributed by atoms with E-state index in [1.54, 1.807) is 23.5 Å². The number of carbonyl (C=O) groups is 3. The zero-order valence-corrected chi connectivity index (χ0v) is 15.5. The maximum absolute atomic E-state index is 12.3. The molecule has 0 saturated carbocycles. The van der Waals surface area contributed by atoms with E-state index in [1.165, 1.54) is 18.4 Å². The molecule has 0 radical (unpaired) electrons. The van der Waals surface area contributed by atoms with Crippen LogP contribution in [0.2, 0.25) is 0 Å². The third-order valence-corrected chi connectivity index (χ3v) is 5.59. The van der Waals surface area contributed by atoms with Gasteiger partial charge in [0.25, 0.3) is 0 Å². The van der Waals surface area contributed by atoms with Gasteiger partial charge in [-0.2, -0.15) is 0 Å². The van der Waals surface area contributed by atoms with Crippen LogP contribution in [0.4, 0.5) is 5.69 Å². The Balaban J connectivity index is 1.67. The number of nitrogens with one attached hydrogen (secondary N) is 2. The molecule has 0 aliphatic carbocycles. The molecule has 26 heavy (non-hydrogen) atoms. The van der Waals surface area contributed by atoms with Crippen molar-refractivity contribution in [1.29, 1.82) is 0 Å². The van der Waals surface area contributed by atoms with Gasteiger partial charge in [0.15, 0.2) is 0 Å². The molecule has 0 fully saturated rings. The average molecular weight is 388 g/mol. The molecule has 2 aromatic heterocycles. The summed E-state index contributed by atoms with van der Waals surface area (Å²) < 4.78 is 5.76. The van der Waals surface area contributed by atoms with Crippen molar-refractivity contribution in [2.45, 2.75) is 12.5 Å². The third kappa shape index (κ3) is 4.27. The number of hydrogen-bond donors (Lipinski definition) is 2. The molecule has 0 saturated heterocycles. The number of esters is 1. The van der Waals surface area contributed by atoms with Crippen LogP contribution in [0.25, 0.3) is 10.1 Å². The number of fused-ring (bicyclic) bond motifs is 1. The number of hydrogen-bond acceptors (Lipinski definition) is 6. The van der Waals surface area contributed by atoms with E-state index in [0.717, 1.165) is 15.0 Å². The van der Waals surface area contributed by atoms with Crippen LogP contribution in [0.5, 0.6) is 0 Å². The molecule has 3 rings (SSSR count). The van der Waals surface area contributed by atoms with Crippen LogP contribution >= 0.6 is 22.7 Å². The molecule has 1 unspecified atom stereocenters. The molecule has 3 aromatic rings. The first-order valence-corrected chi connectivity index (χ1v) is 9.52. The third-order valence-electron chi connectivity index (χ3n) is 3.71. The summed E-state index contributed by atoms with van der Waals surface area (Å²) in [5, 5.41) is 9.97. The minimum atomic E-state index is -0.808. The summed E-state index contributed by atoms with van der Waals surface area (Å²) in [6, 6.07) is 10.4. The molecule has 1 aromatic carbocycles. The molecule has 0 bridgehead atoms. The van der Waals surface area contributed by atoms with E-state index in [-0.39, 0.29) is 6.42 Å². The number of carbonyl (C=O) groups excluding carboxylic acids is 3. The minimum absolute atomic E-state index is 0.0447. The lowest BCUT2D eigenvalue weighted by atomic mass is 10.1. The first-order chi connectivity index (χ1) is 12.6. The van der Waals surface area contributed by atoms with Gasteiger partial charge in [-0.25, -0.2) is 0 Å². The van der Waals surface area contributed by atoms with Gasteiger partial charge in [-0.15, -0.1) is 22.7 Å². The number of ether oxygens (including phenoxy) is 1. The van der Waals surface area contributed by atoms with Crippen LogP contribution in [0.1, 0.15) is 17.3 Å². The largest absolute Gasteiger partial charge is 0.469 e. The number of anilines is 1. The quantitative estimate of drug-likeness (QED) is 0.519. The molecule has 2 amide bonds. The van der Waals surface area contributed by atoms with Crippen molar-refractivity contribution in [3.63, 3.8) is 0 Å². The van der Waals surface area contributed by atoms with Crippen molar-refractivity contribution >= 4 is 56.2 Å². The zero-order valence-electron chi connectivity index (χ0n) is 13.9. The molecule has 1 atom stereocenters. The van der Waals surface area contributed by atoms with Crippen LogP contribution < -0.4 is 10.6 Å². The van der Waals surface area contributed by atoms with Crippen molar-refractivity contribution < 1.29 is 19.1 Å². The molecule has 0 aliphatic rings. The Morgan fingerprint density at radius 2 is 1.92 bits per heavy atom. The maximum atomic E-state index is 12.3. The van der Waals surface area contributed by atoms with Crippen molar-refractivity contribution in [3.8, 4) is 0 Å². The topological polar surface area (TPSA) is 84.5 Å². The Morgan fingerprint density at radius 1 is 1.08 bits per heavy atom. The summed E-state index contributed by atoms with van der Waals surface area (Å²) in [5.74, 6) is -2.06. The first-order valence-electron chi connectivity index (χ1n) is 7.76. The van der Waals surface area contributed by atoms with Gasteiger partial charge in [0.1, 0.15) is 0 Å². The summed E-state index contributed by atoms with van der Waals surface area (Å²) in [7, 11) is 1.28. The second-order valence-corrected chi connectivity index (χ2v) is 7.38. The molecule has 0 spiro atoms. The highest BCUT2D eigenvalue weighted by atomic mass is 32.1. The van der Waals surface area contributed by atoms with E-state index in [0.29, 0.717) is 5.69 Å². The van der Waals surface area contributed by atoms with Gasteiger partial charge >= 0.3 is 17.8 Å². The van der Waals surface area contributed by atoms with E-state index in [9.17, 15) is 14.4 Å². The lowest BCUT2D eigenvalue weighted by Gasteiger charge is -2.16. The predicted molar refractivity (Wildman–Crippen MR) is 102 cm³/mol. The van der Waals surface area contributed by atoms with Crippen molar-refractivity contribution in [1.82, 2.24) is 5.32 Å². The summed E-state index contributed by atoms with van der Waals surface area (Å²) >= 11 is 2.99. The van der Waals surface area contributed by atoms with Crippen molar-refractivity contribution in [3.05, 3.63) is 52.0 Å². The standard InChI is InChI=1S/C18H16N2O4S2/c1-24-16(21)10-13(15-3-2-7-25-15)20-18(23)17(22)19-12-4-5-14-11(9-12)6-8-26-14/h2-9,13H,10H2,1H3,(H,19,22)(H,20,23). The van der Waals surface area contributed by atoms with Gasteiger partial charge in [-0.3, -0.25) is 14.4 Å². The number of thiophene rings is 2. The van der Waals surface area contributed by atoms with E-state index in [4.69, 9.17) is 0 Å². The highest BCUT2D eigenvalue weighted by molar-refractivity contribution is 7.17. The molecule has 2 heterocycles. The van der Waals surface area contributed by atoms with E-state index in [2.05, 4.69) is 15.4 Å². The minimum Gasteiger partial charge on any atom is -0.469 e. The Kier molecular flexibility index (Phi) is 5.65. The number of methoxy groups -OCH3 is 1. The highest BCUT2D eigenvalue weighted by Gasteiger charge is 2.23. The van der Waals surface area contributed by atoms with Crippen LogP contribution in [0, 0.1) is 0 Å². The predicted octanol–water partition coefficient (Wildman–Crippen LogP) is 3.32. The average Bonchev–Trinajstić information content (AvgIpc) is 3.32. The second-order valence-electron chi connectivity index (χ2n) is 5.45. The zero-order chi connectivity index (χ0) is 18.5. The summed E-state index contributed by atoms with van der Waals surface area (Å²) in [5.41, 5.74) is 0.539. The smallest absolute Gasteiger partial charge is 0.313 e. The summed E-state index contributed by atoms with van der Waals surface area (Å²) in [6.07, 6.45) is -0.0447. The lowest BCUT2D eigenvalue weighted by Crippen LogP contribution is -2.38. The van der Waals surface area contributed by atoms with E-state index < -0.39 is 23.8 Å². The SMILES string of the molecule is COC(=O)CC(NC(=O)C(=O)Nc1ccc2sccc2c1)c1cccs1. The van der Waals surface area contributed by atoms with E-state index >= 15 is 0 Å². The summed E-state index contributed by atoms with van der Waals surface area (Å²) in [6.45, 7) is 0. The van der Waals surface area contributed by atoms with Crippen LogP contribution in [-0.4, -0.2) is 24.9 Å². The fourth-order valence-electron chi connectivity index (χ4n) is 2.42. The Morgan fingerprint density at radius 3 is 2.65 bits per heavy atom. The van der Waals surface area contributed by atoms with E-state index in [1.807, 2.05) is 35.0 Å². The number of rotatable bonds is 5. The Labute approximate surface area is 157 Å². The van der Waals surface area contributed by atoms with Gasteiger partial charge < -0.3 is 15.4 Å². The van der Waals surface area contributed by atoms with Gasteiger partial charge in [0.05, 0.1) is 19.6 Å². The molecule has 2 N–H and O–H groups in total. The van der Waals surface area contributed by atoms with Crippen LogP contribution in [0.3, 0.4) is 0 Å². The molecule has 0 aliphatic heterocycles. The molecular weight excluding hydrogens is 372 g/mol. The van der Waals surface area contributed by atoms with Crippen molar-refractivity contribution in [2.75, 3.05) is 12.4 Å². The normalized spacial score (nSPS) is 11.7. The highest BCUT2D eigenvalue weighted by Crippen LogP contribution is 2.24. The van der Waals surface area contributed by atoms with Crippen LogP contribution in [0.15, 0.2) is 47.2 Å². The molecule has 134 valence electrons. The maximum Gasteiger partial charge on any atom is 0.313 e. The van der Waals surface area contributed by atoms with Gasteiger partial charge in [-0.1, -0.05) is 6.07 Å². The second kappa shape index (κ2) is 8.11.